The zero-order valence-corrected chi connectivity index (χ0v) is 22.3. The summed E-state index contributed by atoms with van der Waals surface area (Å²) in [6.07, 6.45) is 7.67. The van der Waals surface area contributed by atoms with E-state index in [9.17, 15) is 10.1 Å². The Balaban J connectivity index is 0.000000155. The number of nitro groups is 1. The molecule has 12 heteroatoms. The van der Waals surface area contributed by atoms with E-state index in [0.29, 0.717) is 16.2 Å². The van der Waals surface area contributed by atoms with Gasteiger partial charge in [-0.25, -0.2) is 9.97 Å². The SMILES string of the molecule is CN(C)Cc1cn2cc(-c3ccccc3N)nc2s1.O=[N+]([O-])c1ccccc1-c1cn2cc(CO)sc2n1. The number of thiazole rings is 2. The number of nitrogens with two attached hydrogens (primary N) is 1. The van der Waals surface area contributed by atoms with Gasteiger partial charge in [-0.3, -0.25) is 18.9 Å². The van der Waals surface area contributed by atoms with Crippen LogP contribution in [0.1, 0.15) is 9.75 Å². The van der Waals surface area contributed by atoms with Crippen molar-refractivity contribution in [3.8, 4) is 22.5 Å². The quantitative estimate of drug-likeness (QED) is 0.167. The molecule has 0 spiro atoms. The minimum Gasteiger partial charge on any atom is -0.398 e. The molecule has 10 nitrogen and oxygen atoms in total. The van der Waals surface area contributed by atoms with E-state index in [1.54, 1.807) is 46.3 Å². The molecule has 0 fully saturated rings. The lowest BCUT2D eigenvalue weighted by Crippen LogP contribution is -2.09. The maximum atomic E-state index is 11.0. The Kier molecular flexibility index (Phi) is 7.20. The summed E-state index contributed by atoms with van der Waals surface area (Å²) in [6.45, 7) is 0.908. The average Bonchev–Trinajstić information content (AvgIpc) is 3.63. The molecular formula is C26H25N7O3S2. The molecule has 38 heavy (non-hydrogen) atoms. The standard InChI is InChI=1S/C14H16N4S.C12H9N3O3S/c1-17(2)7-10-8-18-9-13(16-14(18)19-10)11-5-3-4-6-12(11)15;16-7-8-5-14-6-10(13-12(14)19-8)9-3-1-2-4-11(9)15(17)18/h3-6,8-9H,7,15H2,1-2H3;1-6,16H,7H2. The Morgan fingerprint density at radius 2 is 1.45 bits per heavy atom. The van der Waals surface area contributed by atoms with E-state index in [0.717, 1.165) is 33.3 Å². The normalized spacial score (nSPS) is 11.3. The summed E-state index contributed by atoms with van der Waals surface area (Å²) in [6, 6.07) is 14.3. The van der Waals surface area contributed by atoms with Crippen LogP contribution in [-0.4, -0.2) is 47.8 Å². The van der Waals surface area contributed by atoms with E-state index >= 15 is 0 Å². The molecule has 4 aromatic heterocycles. The van der Waals surface area contributed by atoms with Crippen molar-refractivity contribution in [1.82, 2.24) is 23.7 Å². The van der Waals surface area contributed by atoms with Crippen LogP contribution >= 0.6 is 22.7 Å². The van der Waals surface area contributed by atoms with Crippen molar-refractivity contribution in [3.63, 3.8) is 0 Å². The highest BCUT2D eigenvalue weighted by molar-refractivity contribution is 7.17. The van der Waals surface area contributed by atoms with Crippen LogP contribution in [0.3, 0.4) is 0 Å². The van der Waals surface area contributed by atoms with Gasteiger partial charge in [-0.15, -0.1) is 0 Å². The molecule has 194 valence electrons. The second-order valence-electron chi connectivity index (χ2n) is 8.78. The van der Waals surface area contributed by atoms with Gasteiger partial charge in [-0.05, 0) is 26.2 Å². The number of anilines is 1. The molecule has 0 aliphatic carbocycles. The van der Waals surface area contributed by atoms with Gasteiger partial charge in [0.1, 0.15) is 0 Å². The predicted octanol–water partition coefficient (Wildman–Crippen LogP) is 5.17. The highest BCUT2D eigenvalue weighted by Crippen LogP contribution is 2.31. The van der Waals surface area contributed by atoms with E-state index in [1.165, 1.54) is 22.3 Å². The lowest BCUT2D eigenvalue weighted by atomic mass is 10.1. The predicted molar refractivity (Wildman–Crippen MR) is 151 cm³/mol. The molecule has 3 N–H and O–H groups in total. The van der Waals surface area contributed by atoms with Crippen LogP contribution < -0.4 is 5.73 Å². The summed E-state index contributed by atoms with van der Waals surface area (Å²) in [5.74, 6) is 0. The van der Waals surface area contributed by atoms with Crippen LogP contribution in [0.2, 0.25) is 0 Å². The Morgan fingerprint density at radius 3 is 2.03 bits per heavy atom. The molecule has 0 radical (unpaired) electrons. The van der Waals surface area contributed by atoms with Gasteiger partial charge in [0.2, 0.25) is 0 Å². The van der Waals surface area contributed by atoms with Crippen molar-refractivity contribution >= 4 is 44.0 Å². The van der Waals surface area contributed by atoms with Gasteiger partial charge >= 0.3 is 0 Å². The summed E-state index contributed by atoms with van der Waals surface area (Å²) >= 11 is 3.08. The van der Waals surface area contributed by atoms with Crippen LogP contribution in [0.5, 0.6) is 0 Å². The van der Waals surface area contributed by atoms with Crippen molar-refractivity contribution in [1.29, 1.82) is 0 Å². The zero-order valence-electron chi connectivity index (χ0n) is 20.7. The Labute approximate surface area is 226 Å². The summed E-state index contributed by atoms with van der Waals surface area (Å²) < 4.78 is 3.84. The largest absolute Gasteiger partial charge is 0.398 e. The summed E-state index contributed by atoms with van der Waals surface area (Å²) in [4.78, 5) is 25.6. The number of nitrogens with zero attached hydrogens (tertiary/aromatic N) is 6. The van der Waals surface area contributed by atoms with E-state index in [4.69, 9.17) is 10.8 Å². The number of hydrogen-bond donors (Lipinski definition) is 2. The Bertz CT molecular complexity index is 1670. The average molecular weight is 548 g/mol. The van der Waals surface area contributed by atoms with Crippen molar-refractivity contribution in [2.75, 3.05) is 19.8 Å². The molecule has 0 saturated heterocycles. The number of rotatable bonds is 6. The van der Waals surface area contributed by atoms with Crippen LogP contribution in [-0.2, 0) is 13.2 Å². The lowest BCUT2D eigenvalue weighted by molar-refractivity contribution is -0.384. The maximum absolute atomic E-state index is 11.0. The maximum Gasteiger partial charge on any atom is 0.278 e. The fourth-order valence-electron chi connectivity index (χ4n) is 3.98. The molecule has 0 atom stereocenters. The van der Waals surface area contributed by atoms with Gasteiger partial charge in [0, 0.05) is 53.5 Å². The number of nitro benzene ring substituents is 1. The van der Waals surface area contributed by atoms with E-state index < -0.39 is 4.92 Å². The van der Waals surface area contributed by atoms with Gasteiger partial charge < -0.3 is 15.7 Å². The number of imidazole rings is 2. The fourth-order valence-corrected chi connectivity index (χ4v) is 5.88. The summed E-state index contributed by atoms with van der Waals surface area (Å²) in [7, 11) is 4.14. The monoisotopic (exact) mass is 547 g/mol. The van der Waals surface area contributed by atoms with Crippen LogP contribution in [0.4, 0.5) is 11.4 Å². The number of hydrogen-bond acceptors (Lipinski definition) is 9. The van der Waals surface area contributed by atoms with Crippen molar-refractivity contribution in [2.45, 2.75) is 13.2 Å². The first-order chi connectivity index (χ1) is 18.3. The van der Waals surface area contributed by atoms with Gasteiger partial charge in [0.15, 0.2) is 9.92 Å². The van der Waals surface area contributed by atoms with Crippen LogP contribution in [0, 0.1) is 10.1 Å². The second-order valence-corrected chi connectivity index (χ2v) is 11.0. The third kappa shape index (κ3) is 5.29. The molecule has 6 aromatic rings. The highest BCUT2D eigenvalue weighted by atomic mass is 32.1. The Morgan fingerprint density at radius 1 is 0.895 bits per heavy atom. The third-order valence-corrected chi connectivity index (χ3v) is 7.61. The topological polar surface area (TPSA) is 127 Å². The molecular weight excluding hydrogens is 522 g/mol. The van der Waals surface area contributed by atoms with Crippen molar-refractivity contribution in [2.24, 2.45) is 0 Å². The third-order valence-electron chi connectivity index (χ3n) is 5.65. The van der Waals surface area contributed by atoms with Crippen molar-refractivity contribution < 1.29 is 10.0 Å². The molecule has 4 heterocycles. The van der Waals surface area contributed by atoms with E-state index in [1.807, 2.05) is 30.5 Å². The number of aliphatic hydroxyl groups is 1. The summed E-state index contributed by atoms with van der Waals surface area (Å²) in [5.41, 5.74) is 9.77. The number of para-hydroxylation sites is 2. The number of aliphatic hydroxyl groups excluding tert-OH is 1. The highest BCUT2D eigenvalue weighted by Gasteiger charge is 2.17. The minimum atomic E-state index is -0.415. The number of nitrogen functional groups attached to an aromatic ring is 1. The van der Waals surface area contributed by atoms with Crippen LogP contribution in [0.15, 0.2) is 73.3 Å². The van der Waals surface area contributed by atoms with E-state index in [2.05, 4.69) is 39.6 Å². The van der Waals surface area contributed by atoms with Gasteiger partial charge in [-0.1, -0.05) is 53.0 Å². The van der Waals surface area contributed by atoms with E-state index in [-0.39, 0.29) is 12.3 Å². The van der Waals surface area contributed by atoms with Crippen molar-refractivity contribution in [3.05, 3.63) is 93.2 Å². The van der Waals surface area contributed by atoms with Gasteiger partial charge in [-0.2, -0.15) is 0 Å². The second kappa shape index (κ2) is 10.7. The minimum absolute atomic E-state index is 0.0329. The first kappa shape index (κ1) is 25.5. The molecule has 0 bridgehead atoms. The molecule has 0 aliphatic rings. The summed E-state index contributed by atoms with van der Waals surface area (Å²) in [5, 5.41) is 20.0. The molecule has 0 saturated carbocycles. The fraction of sp³-hybridized carbons (Fsp3) is 0.154. The first-order valence-electron chi connectivity index (χ1n) is 11.6. The molecule has 2 aromatic carbocycles. The molecule has 0 aliphatic heterocycles. The van der Waals surface area contributed by atoms with Crippen LogP contribution in [0.25, 0.3) is 32.4 Å². The molecule has 0 unspecified atom stereocenters. The van der Waals surface area contributed by atoms with Gasteiger partial charge in [0.25, 0.3) is 5.69 Å². The first-order valence-corrected chi connectivity index (χ1v) is 13.2. The Hall–Kier alpha value is -4.10. The number of benzene rings is 2. The molecule has 6 rings (SSSR count). The zero-order chi connectivity index (χ0) is 26.8. The number of aromatic nitrogens is 4. The number of fused-ring (bicyclic) bond motifs is 2. The molecule has 0 amide bonds. The van der Waals surface area contributed by atoms with Gasteiger partial charge in [0.05, 0.1) is 33.4 Å². The smallest absolute Gasteiger partial charge is 0.278 e. The lowest BCUT2D eigenvalue weighted by Gasteiger charge is -2.05.